The minimum atomic E-state index is 0.0619. The van der Waals surface area contributed by atoms with Gasteiger partial charge in [0.1, 0.15) is 0 Å². The number of hydrogen-bond donors (Lipinski definition) is 2. The van der Waals surface area contributed by atoms with Crippen LogP contribution in [0.1, 0.15) is 32.3 Å². The lowest BCUT2D eigenvalue weighted by atomic mass is 9.93. The lowest BCUT2D eigenvalue weighted by Gasteiger charge is -2.35. The van der Waals surface area contributed by atoms with Gasteiger partial charge in [-0.25, -0.2) is 0 Å². The molecule has 0 aliphatic carbocycles. The average molecular weight is 275 g/mol. The first-order chi connectivity index (χ1) is 9.58. The summed E-state index contributed by atoms with van der Waals surface area (Å²) in [6.07, 6.45) is 2.36. The topological polar surface area (TPSA) is 58.4 Å². The zero-order chi connectivity index (χ0) is 14.5. The molecular weight excluding hydrogens is 250 g/mol. The van der Waals surface area contributed by atoms with E-state index in [4.69, 9.17) is 5.73 Å². The number of nitrogens with zero attached hydrogens (tertiary/aromatic N) is 1. The number of hydrogen-bond acceptors (Lipinski definition) is 3. The molecule has 4 nitrogen and oxygen atoms in total. The second-order valence-corrected chi connectivity index (χ2v) is 5.90. The monoisotopic (exact) mass is 275 g/mol. The number of carbonyl (C=O) groups is 1. The highest BCUT2D eigenvalue weighted by Gasteiger charge is 2.24. The Labute approximate surface area is 121 Å². The fourth-order valence-corrected chi connectivity index (χ4v) is 2.80. The van der Waals surface area contributed by atoms with Gasteiger partial charge in [0.2, 0.25) is 5.91 Å². The van der Waals surface area contributed by atoms with E-state index in [-0.39, 0.29) is 5.91 Å². The van der Waals surface area contributed by atoms with Crippen LogP contribution in [0.2, 0.25) is 0 Å². The molecule has 2 atom stereocenters. The molecule has 1 saturated heterocycles. The molecular formula is C16H25N3O. The molecule has 0 bridgehead atoms. The fraction of sp³-hybridized carbons (Fsp3) is 0.562. The van der Waals surface area contributed by atoms with Crippen molar-refractivity contribution < 1.29 is 4.79 Å². The fourth-order valence-electron chi connectivity index (χ4n) is 2.80. The number of anilines is 1. The molecule has 2 unspecified atom stereocenters. The zero-order valence-electron chi connectivity index (χ0n) is 12.4. The van der Waals surface area contributed by atoms with Crippen molar-refractivity contribution in [2.24, 2.45) is 11.7 Å². The molecule has 4 heteroatoms. The van der Waals surface area contributed by atoms with E-state index in [9.17, 15) is 4.79 Å². The average Bonchev–Trinajstić information content (AvgIpc) is 2.43. The number of nitrogens with two attached hydrogens (primary N) is 1. The third kappa shape index (κ3) is 4.05. The van der Waals surface area contributed by atoms with Gasteiger partial charge in [0.05, 0.1) is 6.54 Å². The number of likely N-dealkylation sites (tertiary alicyclic amines) is 1. The number of carbonyl (C=O) groups excluding carboxylic acids is 1. The summed E-state index contributed by atoms with van der Waals surface area (Å²) in [6.45, 7) is 6.51. The first-order valence-electron chi connectivity index (χ1n) is 7.41. The highest BCUT2D eigenvalue weighted by atomic mass is 16.2. The first kappa shape index (κ1) is 15.0. The van der Waals surface area contributed by atoms with Crippen molar-refractivity contribution >= 4 is 11.6 Å². The lowest BCUT2D eigenvalue weighted by Crippen LogP contribution is -2.44. The minimum Gasteiger partial charge on any atom is -0.326 e. The summed E-state index contributed by atoms with van der Waals surface area (Å²) in [4.78, 5) is 14.4. The lowest BCUT2D eigenvalue weighted by molar-refractivity contribution is -0.118. The third-order valence-corrected chi connectivity index (χ3v) is 4.10. The van der Waals surface area contributed by atoms with Crippen LogP contribution in [0.25, 0.3) is 0 Å². The minimum absolute atomic E-state index is 0.0619. The Bertz CT molecular complexity index is 444. The van der Waals surface area contributed by atoms with Crippen LogP contribution in [0.4, 0.5) is 5.69 Å². The highest BCUT2D eigenvalue weighted by Crippen LogP contribution is 2.21. The van der Waals surface area contributed by atoms with Gasteiger partial charge in [0.25, 0.3) is 0 Å². The van der Waals surface area contributed by atoms with Gasteiger partial charge in [0.15, 0.2) is 0 Å². The molecule has 1 fully saturated rings. The summed E-state index contributed by atoms with van der Waals surface area (Å²) < 4.78 is 0. The second kappa shape index (κ2) is 6.86. The summed E-state index contributed by atoms with van der Waals surface area (Å²) in [5.74, 6) is 0.833. The maximum atomic E-state index is 12.1. The normalized spacial score (nSPS) is 23.6. The van der Waals surface area contributed by atoms with Crippen LogP contribution in [0, 0.1) is 5.92 Å². The number of nitrogens with one attached hydrogen (secondary N) is 1. The standard InChI is InChI=1S/C16H25N3O/c1-12-7-8-19(13(2)9-12)11-16(20)18-15-5-3-14(10-17)4-6-15/h3-6,12-13H,7-11,17H2,1-2H3,(H,18,20). The second-order valence-electron chi connectivity index (χ2n) is 5.90. The number of piperidine rings is 1. The van der Waals surface area contributed by atoms with Crippen LogP contribution in [-0.4, -0.2) is 29.9 Å². The summed E-state index contributed by atoms with van der Waals surface area (Å²) in [6, 6.07) is 8.19. The quantitative estimate of drug-likeness (QED) is 0.885. The Kier molecular flexibility index (Phi) is 5.15. The third-order valence-electron chi connectivity index (χ3n) is 4.10. The summed E-state index contributed by atoms with van der Waals surface area (Å²) >= 11 is 0. The zero-order valence-corrected chi connectivity index (χ0v) is 12.4. The van der Waals surface area contributed by atoms with Crippen LogP contribution < -0.4 is 11.1 Å². The molecule has 1 heterocycles. The van der Waals surface area contributed by atoms with Crippen LogP contribution in [0.5, 0.6) is 0 Å². The number of rotatable bonds is 4. The first-order valence-corrected chi connectivity index (χ1v) is 7.41. The van der Waals surface area contributed by atoms with Crippen molar-refractivity contribution in [3.63, 3.8) is 0 Å². The van der Waals surface area contributed by atoms with Crippen LogP contribution in [0.15, 0.2) is 24.3 Å². The largest absolute Gasteiger partial charge is 0.326 e. The molecule has 2 rings (SSSR count). The van der Waals surface area contributed by atoms with Gasteiger partial charge in [-0.05, 0) is 49.9 Å². The van der Waals surface area contributed by atoms with Crippen LogP contribution >= 0.6 is 0 Å². The van der Waals surface area contributed by atoms with E-state index in [0.29, 0.717) is 19.1 Å². The van der Waals surface area contributed by atoms with E-state index >= 15 is 0 Å². The molecule has 1 aromatic carbocycles. The molecule has 110 valence electrons. The molecule has 1 aromatic rings. The molecule has 0 radical (unpaired) electrons. The van der Waals surface area contributed by atoms with Gasteiger partial charge >= 0.3 is 0 Å². The van der Waals surface area contributed by atoms with Crippen molar-refractivity contribution in [1.29, 1.82) is 0 Å². The van der Waals surface area contributed by atoms with E-state index < -0.39 is 0 Å². The maximum absolute atomic E-state index is 12.1. The molecule has 3 N–H and O–H groups in total. The Morgan fingerprint density at radius 1 is 1.35 bits per heavy atom. The summed E-state index contributed by atoms with van der Waals surface area (Å²) in [7, 11) is 0. The molecule has 20 heavy (non-hydrogen) atoms. The predicted molar refractivity (Wildman–Crippen MR) is 82.4 cm³/mol. The van der Waals surface area contributed by atoms with E-state index in [1.807, 2.05) is 24.3 Å². The predicted octanol–water partition coefficient (Wildman–Crippen LogP) is 2.20. The van der Waals surface area contributed by atoms with Crippen LogP contribution in [0.3, 0.4) is 0 Å². The smallest absolute Gasteiger partial charge is 0.238 e. The molecule has 0 aromatic heterocycles. The summed E-state index contributed by atoms with van der Waals surface area (Å²) in [5.41, 5.74) is 7.47. The molecule has 1 aliphatic heterocycles. The van der Waals surface area contributed by atoms with E-state index in [1.54, 1.807) is 0 Å². The Balaban J connectivity index is 1.85. The number of benzene rings is 1. The highest BCUT2D eigenvalue weighted by molar-refractivity contribution is 5.92. The SMILES string of the molecule is CC1CCN(CC(=O)Nc2ccc(CN)cc2)C(C)C1. The summed E-state index contributed by atoms with van der Waals surface area (Å²) in [5, 5.41) is 2.95. The van der Waals surface area contributed by atoms with Gasteiger partial charge in [-0.15, -0.1) is 0 Å². The maximum Gasteiger partial charge on any atom is 0.238 e. The Morgan fingerprint density at radius 2 is 2.05 bits per heavy atom. The molecule has 0 spiro atoms. The van der Waals surface area contributed by atoms with Crippen molar-refractivity contribution in [3.05, 3.63) is 29.8 Å². The van der Waals surface area contributed by atoms with E-state index in [0.717, 1.165) is 23.7 Å². The van der Waals surface area contributed by atoms with E-state index in [2.05, 4.69) is 24.1 Å². The number of amides is 1. The van der Waals surface area contributed by atoms with Crippen molar-refractivity contribution in [2.75, 3.05) is 18.4 Å². The molecule has 1 aliphatic rings. The molecule has 1 amide bonds. The van der Waals surface area contributed by atoms with Crippen molar-refractivity contribution in [1.82, 2.24) is 4.90 Å². The van der Waals surface area contributed by atoms with Gasteiger partial charge in [-0.3, -0.25) is 9.69 Å². The molecule has 0 saturated carbocycles. The van der Waals surface area contributed by atoms with Gasteiger partial charge in [-0.1, -0.05) is 19.1 Å². The van der Waals surface area contributed by atoms with Crippen LogP contribution in [-0.2, 0) is 11.3 Å². The van der Waals surface area contributed by atoms with Crippen molar-refractivity contribution in [2.45, 2.75) is 39.3 Å². The van der Waals surface area contributed by atoms with Gasteiger partial charge in [0, 0.05) is 18.3 Å². The van der Waals surface area contributed by atoms with Crippen molar-refractivity contribution in [3.8, 4) is 0 Å². The van der Waals surface area contributed by atoms with Gasteiger partial charge in [-0.2, -0.15) is 0 Å². The van der Waals surface area contributed by atoms with E-state index in [1.165, 1.54) is 12.8 Å². The van der Waals surface area contributed by atoms with Gasteiger partial charge < -0.3 is 11.1 Å². The Hall–Kier alpha value is -1.39. The Morgan fingerprint density at radius 3 is 2.65 bits per heavy atom.